The first-order chi connectivity index (χ1) is 12.2. The van der Waals surface area contributed by atoms with Crippen LogP contribution >= 0.6 is 0 Å². The van der Waals surface area contributed by atoms with E-state index in [0.717, 1.165) is 0 Å². The molecule has 0 aliphatic carbocycles. The lowest BCUT2D eigenvalue weighted by molar-refractivity contribution is -0.122. The van der Waals surface area contributed by atoms with Crippen LogP contribution in [0.5, 0.6) is 0 Å². The van der Waals surface area contributed by atoms with Gasteiger partial charge in [-0.2, -0.15) is 0 Å². The maximum absolute atomic E-state index is 12.7. The predicted molar refractivity (Wildman–Crippen MR) is 100 cm³/mol. The first-order valence-corrected chi connectivity index (χ1v) is 8.22. The zero-order valence-electron chi connectivity index (χ0n) is 15.3. The van der Waals surface area contributed by atoms with Crippen molar-refractivity contribution in [3.05, 3.63) is 51.6 Å². The molecule has 0 unspecified atom stereocenters. The molecule has 0 saturated heterocycles. The van der Waals surface area contributed by atoms with Gasteiger partial charge in [0.05, 0.1) is 17.4 Å². The van der Waals surface area contributed by atoms with Crippen LogP contribution in [0.3, 0.4) is 0 Å². The lowest BCUT2D eigenvalue weighted by Gasteiger charge is -2.17. The summed E-state index contributed by atoms with van der Waals surface area (Å²) in [5.41, 5.74) is 7.00. The lowest BCUT2D eigenvalue weighted by atomic mass is 10.1. The van der Waals surface area contributed by atoms with Crippen molar-refractivity contribution in [1.29, 1.82) is 0 Å². The summed E-state index contributed by atoms with van der Waals surface area (Å²) in [6.45, 7) is 6.85. The highest BCUT2D eigenvalue weighted by molar-refractivity contribution is 6.06. The predicted octanol–water partition coefficient (Wildman–Crippen LogP) is 1.22. The summed E-state index contributed by atoms with van der Waals surface area (Å²) in [7, 11) is 0. The standard InChI is InChI=1S/C18H23N5O3/c1-10(2)21-15(24)9-23-12(4)17(11(3)7-16(23)25)18(26)22-13-5-6-14(19)20-8-13/h5-8,10H,9H2,1-4H3,(H2,19,20)(H,21,24)(H,22,26). The van der Waals surface area contributed by atoms with Crippen LogP contribution < -0.4 is 21.9 Å². The number of hydrogen-bond donors (Lipinski definition) is 3. The van der Waals surface area contributed by atoms with Crippen LogP contribution in [0.4, 0.5) is 11.5 Å². The van der Waals surface area contributed by atoms with Crippen LogP contribution in [-0.2, 0) is 11.3 Å². The Labute approximate surface area is 151 Å². The Kier molecular flexibility index (Phi) is 5.76. The van der Waals surface area contributed by atoms with E-state index in [-0.39, 0.29) is 30.0 Å². The van der Waals surface area contributed by atoms with Crippen LogP contribution in [0, 0.1) is 13.8 Å². The van der Waals surface area contributed by atoms with E-state index >= 15 is 0 Å². The molecule has 2 amide bonds. The Balaban J connectivity index is 2.34. The van der Waals surface area contributed by atoms with Crippen molar-refractivity contribution in [3.63, 3.8) is 0 Å². The van der Waals surface area contributed by atoms with Crippen molar-refractivity contribution >= 4 is 23.3 Å². The highest BCUT2D eigenvalue weighted by Gasteiger charge is 2.18. The van der Waals surface area contributed by atoms with Gasteiger partial charge in [0.1, 0.15) is 12.4 Å². The Morgan fingerprint density at radius 2 is 1.96 bits per heavy atom. The third-order valence-corrected chi connectivity index (χ3v) is 3.79. The van der Waals surface area contributed by atoms with E-state index in [1.54, 1.807) is 26.0 Å². The molecule has 0 aliphatic rings. The SMILES string of the molecule is Cc1cc(=O)n(CC(=O)NC(C)C)c(C)c1C(=O)Nc1ccc(N)nc1. The summed E-state index contributed by atoms with van der Waals surface area (Å²) in [5.74, 6) is -0.326. The first-order valence-electron chi connectivity index (χ1n) is 8.22. The minimum atomic E-state index is -0.385. The second-order valence-corrected chi connectivity index (χ2v) is 6.36. The van der Waals surface area contributed by atoms with E-state index in [4.69, 9.17) is 5.73 Å². The third kappa shape index (κ3) is 4.47. The van der Waals surface area contributed by atoms with Gasteiger partial charge in [-0.25, -0.2) is 4.98 Å². The number of aryl methyl sites for hydroxylation is 1. The molecule has 0 aliphatic heterocycles. The first kappa shape index (κ1) is 19.2. The normalized spacial score (nSPS) is 10.7. The molecule has 0 bridgehead atoms. The van der Waals surface area contributed by atoms with E-state index in [9.17, 15) is 14.4 Å². The zero-order valence-corrected chi connectivity index (χ0v) is 15.3. The Bertz CT molecular complexity index is 885. The number of amides is 2. The maximum atomic E-state index is 12.7. The van der Waals surface area contributed by atoms with Gasteiger partial charge in [-0.1, -0.05) is 0 Å². The number of nitrogen functional groups attached to an aromatic ring is 1. The van der Waals surface area contributed by atoms with Gasteiger partial charge in [0.15, 0.2) is 0 Å². The van der Waals surface area contributed by atoms with Gasteiger partial charge in [0, 0.05) is 17.8 Å². The van der Waals surface area contributed by atoms with Crippen molar-refractivity contribution in [2.75, 3.05) is 11.1 Å². The summed E-state index contributed by atoms with van der Waals surface area (Å²) in [4.78, 5) is 40.9. The minimum absolute atomic E-state index is 0.0373. The van der Waals surface area contributed by atoms with Crippen LogP contribution in [0.1, 0.15) is 35.5 Å². The van der Waals surface area contributed by atoms with Crippen molar-refractivity contribution in [1.82, 2.24) is 14.9 Å². The largest absolute Gasteiger partial charge is 0.384 e. The molecule has 2 rings (SSSR count). The molecule has 2 aromatic heterocycles. The average Bonchev–Trinajstić information content (AvgIpc) is 2.52. The van der Waals surface area contributed by atoms with Crippen LogP contribution in [0.15, 0.2) is 29.2 Å². The fourth-order valence-electron chi connectivity index (χ4n) is 2.64. The Morgan fingerprint density at radius 1 is 1.27 bits per heavy atom. The number of nitrogens with one attached hydrogen (secondary N) is 2. The molecule has 138 valence electrons. The lowest BCUT2D eigenvalue weighted by Crippen LogP contribution is -2.37. The van der Waals surface area contributed by atoms with Gasteiger partial charge in [0.2, 0.25) is 5.91 Å². The number of nitrogens with two attached hydrogens (primary N) is 1. The average molecular weight is 357 g/mol. The fraction of sp³-hybridized carbons (Fsp3) is 0.333. The number of rotatable bonds is 5. The monoisotopic (exact) mass is 357 g/mol. The molecule has 0 aromatic carbocycles. The van der Waals surface area contributed by atoms with Crippen molar-refractivity contribution in [3.8, 4) is 0 Å². The number of pyridine rings is 2. The second kappa shape index (κ2) is 7.81. The molecule has 0 spiro atoms. The van der Waals surface area contributed by atoms with E-state index < -0.39 is 0 Å². The summed E-state index contributed by atoms with van der Waals surface area (Å²) in [6, 6.07) is 4.53. The Morgan fingerprint density at radius 3 is 2.54 bits per heavy atom. The number of nitrogens with zero attached hydrogens (tertiary/aromatic N) is 2. The number of hydrogen-bond acceptors (Lipinski definition) is 5. The summed E-state index contributed by atoms with van der Waals surface area (Å²) >= 11 is 0. The van der Waals surface area contributed by atoms with Crippen molar-refractivity contribution in [2.45, 2.75) is 40.3 Å². The zero-order chi connectivity index (χ0) is 19.4. The van der Waals surface area contributed by atoms with E-state index in [1.807, 2.05) is 13.8 Å². The van der Waals surface area contributed by atoms with E-state index in [0.29, 0.717) is 28.3 Å². The molecule has 0 saturated carbocycles. The molecular weight excluding hydrogens is 334 g/mol. The van der Waals surface area contributed by atoms with Gasteiger partial charge < -0.3 is 20.9 Å². The quantitative estimate of drug-likeness (QED) is 0.743. The molecule has 8 nitrogen and oxygen atoms in total. The highest BCUT2D eigenvalue weighted by atomic mass is 16.2. The molecule has 2 heterocycles. The van der Waals surface area contributed by atoms with Gasteiger partial charge >= 0.3 is 0 Å². The molecule has 26 heavy (non-hydrogen) atoms. The number of aromatic nitrogens is 2. The number of carbonyl (C=O) groups excluding carboxylic acids is 2. The third-order valence-electron chi connectivity index (χ3n) is 3.79. The van der Waals surface area contributed by atoms with Crippen molar-refractivity contribution < 1.29 is 9.59 Å². The molecular formula is C18H23N5O3. The summed E-state index contributed by atoms with van der Waals surface area (Å²) in [6.07, 6.45) is 1.45. The Hall–Kier alpha value is -3.16. The molecule has 8 heteroatoms. The topological polar surface area (TPSA) is 119 Å². The van der Waals surface area contributed by atoms with Gasteiger partial charge in [-0.05, 0) is 45.4 Å². The molecule has 2 aromatic rings. The number of anilines is 2. The molecule has 0 fully saturated rings. The minimum Gasteiger partial charge on any atom is -0.384 e. The van der Waals surface area contributed by atoms with Gasteiger partial charge in [0.25, 0.3) is 11.5 Å². The maximum Gasteiger partial charge on any atom is 0.257 e. The van der Waals surface area contributed by atoms with E-state index in [1.165, 1.54) is 16.8 Å². The summed E-state index contributed by atoms with van der Waals surface area (Å²) < 4.78 is 1.29. The van der Waals surface area contributed by atoms with E-state index in [2.05, 4.69) is 15.6 Å². The highest BCUT2D eigenvalue weighted by Crippen LogP contribution is 2.15. The number of carbonyl (C=O) groups is 2. The molecule has 0 atom stereocenters. The smallest absolute Gasteiger partial charge is 0.257 e. The van der Waals surface area contributed by atoms with Crippen LogP contribution in [-0.4, -0.2) is 27.4 Å². The molecule has 0 radical (unpaired) electrons. The van der Waals surface area contributed by atoms with Crippen LogP contribution in [0.25, 0.3) is 0 Å². The molecule has 4 N–H and O–H groups in total. The van der Waals surface area contributed by atoms with Crippen LogP contribution in [0.2, 0.25) is 0 Å². The van der Waals surface area contributed by atoms with Crippen molar-refractivity contribution in [2.24, 2.45) is 0 Å². The fourth-order valence-corrected chi connectivity index (χ4v) is 2.64. The van der Waals surface area contributed by atoms with Gasteiger partial charge in [-0.15, -0.1) is 0 Å². The second-order valence-electron chi connectivity index (χ2n) is 6.36. The van der Waals surface area contributed by atoms with Gasteiger partial charge in [-0.3, -0.25) is 14.4 Å². The summed E-state index contributed by atoms with van der Waals surface area (Å²) in [5, 5.41) is 5.46.